The summed E-state index contributed by atoms with van der Waals surface area (Å²) in [4.78, 5) is 0. The van der Waals surface area contributed by atoms with Gasteiger partial charge in [-0.05, 0) is 91.3 Å². The molecule has 0 N–H and O–H groups in total. The molecule has 0 radical (unpaired) electrons. The van der Waals surface area contributed by atoms with Gasteiger partial charge >= 0.3 is 0 Å². The Bertz CT molecular complexity index is 434. The van der Waals surface area contributed by atoms with Crippen LogP contribution in [0.1, 0.15) is 64.2 Å². The molecular formula is C17H22. The molecule has 0 aromatic heterocycles. The first-order valence-corrected chi connectivity index (χ1v) is 7.89. The lowest BCUT2D eigenvalue weighted by Crippen LogP contribution is -2.48. The second-order valence-corrected chi connectivity index (χ2v) is 8.39. The highest BCUT2D eigenvalue weighted by atomic mass is 15.0. The first-order valence-electron chi connectivity index (χ1n) is 7.89. The molecule has 0 atom stereocenters. The zero-order valence-corrected chi connectivity index (χ0v) is 10.8. The van der Waals surface area contributed by atoms with E-state index in [4.69, 9.17) is 6.58 Å². The maximum absolute atomic E-state index is 4.71. The van der Waals surface area contributed by atoms with E-state index >= 15 is 0 Å². The topological polar surface area (TPSA) is 0 Å². The molecule has 0 aliphatic heterocycles. The maximum atomic E-state index is 4.71. The van der Waals surface area contributed by atoms with Crippen LogP contribution in [0.3, 0.4) is 0 Å². The van der Waals surface area contributed by atoms with Crippen molar-refractivity contribution in [1.29, 1.82) is 0 Å². The normalized spacial score (nSPS) is 44.6. The third kappa shape index (κ3) is 0.562. The third-order valence-corrected chi connectivity index (χ3v) is 8.57. The van der Waals surface area contributed by atoms with E-state index in [1.165, 1.54) is 25.7 Å². The van der Waals surface area contributed by atoms with Crippen molar-refractivity contribution in [3.63, 3.8) is 0 Å². The van der Waals surface area contributed by atoms with Crippen LogP contribution in [0.2, 0.25) is 0 Å². The van der Waals surface area contributed by atoms with Crippen LogP contribution in [0.15, 0.2) is 12.2 Å². The van der Waals surface area contributed by atoms with Gasteiger partial charge in [-0.1, -0.05) is 12.2 Å². The highest BCUT2D eigenvalue weighted by Gasteiger charge is 2.92. The van der Waals surface area contributed by atoms with Crippen LogP contribution in [0.5, 0.6) is 0 Å². The molecule has 0 heterocycles. The molecule has 0 aromatic rings. The molecule has 0 nitrogen and oxygen atoms in total. The number of rotatable bonds is 0. The number of fused-ring (bicyclic) bond motifs is 4. The predicted octanol–water partition coefficient (Wildman–Crippen LogP) is 4.46. The minimum absolute atomic E-state index is 0.688. The average Bonchev–Trinajstić information content (AvgIpc) is 3.13. The summed E-state index contributed by atoms with van der Waals surface area (Å²) in [5.74, 6) is 0. The molecule has 0 heteroatoms. The molecule has 6 saturated carbocycles. The van der Waals surface area contributed by atoms with E-state index in [-0.39, 0.29) is 0 Å². The molecule has 6 aliphatic rings. The van der Waals surface area contributed by atoms with Crippen molar-refractivity contribution in [3.8, 4) is 0 Å². The van der Waals surface area contributed by atoms with E-state index < -0.39 is 0 Å². The smallest absolute Gasteiger partial charge is 0.00225 e. The number of allylic oxidation sites excluding steroid dienone is 1. The summed E-state index contributed by atoms with van der Waals surface area (Å²) in [5.41, 5.74) is 5.64. The van der Waals surface area contributed by atoms with E-state index in [1.807, 2.05) is 0 Å². The Kier molecular flexibility index (Phi) is 0.966. The largest absolute Gasteiger partial charge is 0.0987 e. The molecule has 0 bridgehead atoms. The molecule has 90 valence electrons. The van der Waals surface area contributed by atoms with Crippen molar-refractivity contribution in [2.45, 2.75) is 64.2 Å². The van der Waals surface area contributed by atoms with Crippen LogP contribution in [-0.2, 0) is 0 Å². The van der Waals surface area contributed by atoms with Crippen molar-refractivity contribution in [1.82, 2.24) is 0 Å². The van der Waals surface area contributed by atoms with E-state index in [9.17, 15) is 0 Å². The van der Waals surface area contributed by atoms with Gasteiger partial charge in [-0.3, -0.25) is 0 Å². The molecule has 6 aliphatic carbocycles. The van der Waals surface area contributed by atoms with Gasteiger partial charge in [-0.25, -0.2) is 0 Å². The Morgan fingerprint density at radius 1 is 0.529 bits per heavy atom. The third-order valence-electron chi connectivity index (χ3n) is 8.57. The zero-order chi connectivity index (χ0) is 11.1. The van der Waals surface area contributed by atoms with Crippen LogP contribution >= 0.6 is 0 Å². The number of hydrogen-bond acceptors (Lipinski definition) is 0. The van der Waals surface area contributed by atoms with Crippen LogP contribution in [0, 0.1) is 27.1 Å². The molecule has 17 heavy (non-hydrogen) atoms. The van der Waals surface area contributed by atoms with E-state index in [2.05, 4.69) is 0 Å². The molecule has 0 saturated heterocycles. The molecular weight excluding hydrogens is 204 g/mol. The van der Waals surface area contributed by atoms with Crippen molar-refractivity contribution >= 4 is 0 Å². The van der Waals surface area contributed by atoms with Gasteiger partial charge in [0, 0.05) is 0 Å². The minimum Gasteiger partial charge on any atom is -0.0987 e. The standard InChI is InChI=1S/C17H22/c1-12-13(2-3-13)15(6-7-15)17(10-11-17)16(8-9-16)14(12)4-5-14/h1-11H2. The van der Waals surface area contributed by atoms with Crippen molar-refractivity contribution in [2.75, 3.05) is 0 Å². The van der Waals surface area contributed by atoms with Gasteiger partial charge in [0.25, 0.3) is 0 Å². The van der Waals surface area contributed by atoms with Crippen LogP contribution < -0.4 is 0 Å². The van der Waals surface area contributed by atoms with Gasteiger partial charge in [0.1, 0.15) is 0 Å². The molecule has 5 spiro atoms. The predicted molar refractivity (Wildman–Crippen MR) is 67.5 cm³/mol. The average molecular weight is 226 g/mol. The van der Waals surface area contributed by atoms with Crippen LogP contribution in [0.4, 0.5) is 0 Å². The van der Waals surface area contributed by atoms with Crippen molar-refractivity contribution in [2.24, 2.45) is 27.1 Å². The summed E-state index contributed by atoms with van der Waals surface area (Å²) in [6.45, 7) is 4.71. The van der Waals surface area contributed by atoms with E-state index in [0.717, 1.165) is 16.2 Å². The Morgan fingerprint density at radius 3 is 1.12 bits per heavy atom. The van der Waals surface area contributed by atoms with Gasteiger partial charge in [0.2, 0.25) is 0 Å². The van der Waals surface area contributed by atoms with Crippen LogP contribution in [-0.4, -0.2) is 0 Å². The molecule has 6 fully saturated rings. The fourth-order valence-electron chi connectivity index (χ4n) is 7.47. The maximum Gasteiger partial charge on any atom is -0.00225 e. The highest BCUT2D eigenvalue weighted by molar-refractivity contribution is 5.51. The SMILES string of the molecule is C=C1C2(CC2)C2(CC2)C2(CC2)C2(CC2)C12CC2. The lowest BCUT2D eigenvalue weighted by atomic mass is 9.50. The van der Waals surface area contributed by atoms with Crippen LogP contribution in [0.25, 0.3) is 0 Å². The monoisotopic (exact) mass is 226 g/mol. The first-order chi connectivity index (χ1) is 8.19. The van der Waals surface area contributed by atoms with Gasteiger partial charge < -0.3 is 0 Å². The molecule has 0 unspecified atom stereocenters. The van der Waals surface area contributed by atoms with Gasteiger partial charge in [-0.15, -0.1) is 0 Å². The lowest BCUT2D eigenvalue weighted by molar-refractivity contribution is 0.00141. The second kappa shape index (κ2) is 1.87. The summed E-state index contributed by atoms with van der Waals surface area (Å²) in [6.07, 6.45) is 15.6. The Balaban J connectivity index is 1.66. The van der Waals surface area contributed by atoms with Gasteiger partial charge in [-0.2, -0.15) is 0 Å². The number of hydrogen-bond donors (Lipinski definition) is 0. The van der Waals surface area contributed by atoms with E-state index in [0.29, 0.717) is 10.8 Å². The molecule has 0 amide bonds. The molecule has 0 aromatic carbocycles. The second-order valence-electron chi connectivity index (χ2n) is 8.39. The van der Waals surface area contributed by atoms with Gasteiger partial charge in [0.15, 0.2) is 0 Å². The molecule has 6 rings (SSSR count). The zero-order valence-electron chi connectivity index (χ0n) is 10.8. The summed E-state index contributed by atoms with van der Waals surface area (Å²) < 4.78 is 0. The van der Waals surface area contributed by atoms with Gasteiger partial charge in [0.05, 0.1) is 0 Å². The minimum atomic E-state index is 0.688. The Labute approximate surface area is 104 Å². The summed E-state index contributed by atoms with van der Waals surface area (Å²) in [7, 11) is 0. The van der Waals surface area contributed by atoms with Crippen molar-refractivity contribution < 1.29 is 0 Å². The fraction of sp³-hybridized carbons (Fsp3) is 0.882. The Hall–Kier alpha value is -0.260. The Morgan fingerprint density at radius 2 is 0.882 bits per heavy atom. The van der Waals surface area contributed by atoms with E-state index in [1.54, 1.807) is 44.1 Å². The quantitative estimate of drug-likeness (QED) is 0.535. The van der Waals surface area contributed by atoms with Crippen molar-refractivity contribution in [3.05, 3.63) is 12.2 Å². The lowest BCUT2D eigenvalue weighted by Gasteiger charge is -2.54. The summed E-state index contributed by atoms with van der Waals surface area (Å²) in [5, 5.41) is 0. The summed E-state index contributed by atoms with van der Waals surface area (Å²) >= 11 is 0. The summed E-state index contributed by atoms with van der Waals surface area (Å²) in [6, 6.07) is 0. The first kappa shape index (κ1) is 8.77. The fourth-order valence-corrected chi connectivity index (χ4v) is 7.47. The highest BCUT2D eigenvalue weighted by Crippen LogP contribution is 3.00.